The molecule has 0 saturated carbocycles. The zero-order valence-electron chi connectivity index (χ0n) is 12.9. The Bertz CT molecular complexity index is 965. The van der Waals surface area contributed by atoms with Crippen LogP contribution in [-0.4, -0.2) is 27.6 Å². The number of methoxy groups -OCH3 is 1. The summed E-state index contributed by atoms with van der Waals surface area (Å²) in [6.45, 7) is 1.90. The number of fused-ring (bicyclic) bond motifs is 1. The van der Waals surface area contributed by atoms with Gasteiger partial charge in [0.1, 0.15) is 11.4 Å². The molecular weight excluding hydrogens is 332 g/mol. The van der Waals surface area contributed by atoms with Gasteiger partial charge in [-0.2, -0.15) is 0 Å². The average Bonchev–Trinajstić information content (AvgIpc) is 2.91. The molecule has 2 aromatic heterocycles. The first-order valence-electron chi connectivity index (χ1n) is 6.97. The Morgan fingerprint density at radius 1 is 1.29 bits per heavy atom. The van der Waals surface area contributed by atoms with Crippen LogP contribution < -0.4 is 4.74 Å². The third-order valence-electron chi connectivity index (χ3n) is 3.35. The van der Waals surface area contributed by atoms with Crippen molar-refractivity contribution >= 4 is 34.7 Å². The van der Waals surface area contributed by atoms with Crippen LogP contribution >= 0.6 is 11.6 Å². The molecule has 0 unspecified atom stereocenters. The fourth-order valence-electron chi connectivity index (χ4n) is 2.20. The van der Waals surface area contributed by atoms with Crippen LogP contribution in [0, 0.1) is 6.92 Å². The lowest BCUT2D eigenvalue weighted by molar-refractivity contribution is 0.0692. The lowest BCUT2D eigenvalue weighted by atomic mass is 10.3. The Morgan fingerprint density at radius 3 is 2.75 bits per heavy atom. The number of imidazole rings is 1. The number of aromatic carboxylic acids is 1. The number of carboxylic acid groups (broad SMARTS) is 1. The number of ether oxygens (including phenoxy) is 1. The summed E-state index contributed by atoms with van der Waals surface area (Å²) in [7, 11) is 1.52. The summed E-state index contributed by atoms with van der Waals surface area (Å²) in [5, 5.41) is 17.8. The lowest BCUT2D eigenvalue weighted by Gasteiger charge is -2.02. The van der Waals surface area contributed by atoms with Gasteiger partial charge in [-0.1, -0.05) is 11.6 Å². The summed E-state index contributed by atoms with van der Waals surface area (Å²) in [5.41, 5.74) is 1.77. The van der Waals surface area contributed by atoms with Gasteiger partial charge in [-0.25, -0.2) is 9.78 Å². The molecule has 0 aliphatic carbocycles. The summed E-state index contributed by atoms with van der Waals surface area (Å²) in [6.07, 6.45) is 1.71. The Morgan fingerprint density at radius 2 is 2.08 bits per heavy atom. The molecule has 0 spiro atoms. The van der Waals surface area contributed by atoms with Gasteiger partial charge in [0.2, 0.25) is 0 Å². The van der Waals surface area contributed by atoms with Crippen LogP contribution in [0.4, 0.5) is 11.5 Å². The topological polar surface area (TPSA) is 88.5 Å². The number of hydrogen-bond acceptors (Lipinski definition) is 5. The molecule has 0 bridgehead atoms. The Hall–Kier alpha value is -2.93. The van der Waals surface area contributed by atoms with Crippen molar-refractivity contribution in [2.75, 3.05) is 7.11 Å². The van der Waals surface area contributed by atoms with Crippen LogP contribution in [0.1, 0.15) is 16.1 Å². The molecule has 7 nitrogen and oxygen atoms in total. The fourth-order valence-corrected chi connectivity index (χ4v) is 2.45. The molecule has 1 N–H and O–H groups in total. The number of rotatable bonds is 4. The van der Waals surface area contributed by atoms with Crippen LogP contribution in [0.25, 0.3) is 5.65 Å². The van der Waals surface area contributed by atoms with Gasteiger partial charge in [0, 0.05) is 6.20 Å². The van der Waals surface area contributed by atoms with Crippen molar-refractivity contribution in [1.29, 1.82) is 0 Å². The first-order valence-corrected chi connectivity index (χ1v) is 7.34. The third kappa shape index (κ3) is 2.93. The van der Waals surface area contributed by atoms with Gasteiger partial charge in [0.05, 0.1) is 17.8 Å². The fraction of sp³-hybridized carbons (Fsp3) is 0.125. The number of aromatic nitrogens is 2. The monoisotopic (exact) mass is 344 g/mol. The van der Waals surface area contributed by atoms with Crippen LogP contribution in [0.15, 0.2) is 46.8 Å². The molecule has 0 saturated heterocycles. The molecule has 3 rings (SSSR count). The standard InChI is InChI=1S/C16H13ClN4O3/c1-9-5-6-21-13(7-9)18-14(16(22)23)15(21)20-19-10-3-4-12(24-2)11(17)8-10/h3-8H,1-2H3,(H,22,23). The highest BCUT2D eigenvalue weighted by Gasteiger charge is 2.18. The van der Waals surface area contributed by atoms with Gasteiger partial charge in [0.25, 0.3) is 0 Å². The molecule has 0 atom stereocenters. The molecule has 0 amide bonds. The van der Waals surface area contributed by atoms with E-state index in [9.17, 15) is 9.90 Å². The largest absolute Gasteiger partial charge is 0.495 e. The van der Waals surface area contributed by atoms with E-state index in [4.69, 9.17) is 16.3 Å². The molecule has 0 aliphatic rings. The van der Waals surface area contributed by atoms with Crippen molar-refractivity contribution in [1.82, 2.24) is 9.38 Å². The smallest absolute Gasteiger partial charge is 0.358 e. The van der Waals surface area contributed by atoms with Gasteiger partial charge in [-0.15, -0.1) is 10.2 Å². The summed E-state index contributed by atoms with van der Waals surface area (Å²) < 4.78 is 6.65. The summed E-state index contributed by atoms with van der Waals surface area (Å²) in [6, 6.07) is 8.52. The highest BCUT2D eigenvalue weighted by atomic mass is 35.5. The Labute approximate surface area is 142 Å². The summed E-state index contributed by atoms with van der Waals surface area (Å²) in [4.78, 5) is 15.5. The van der Waals surface area contributed by atoms with Crippen molar-refractivity contribution in [2.45, 2.75) is 6.92 Å². The molecule has 24 heavy (non-hydrogen) atoms. The van der Waals surface area contributed by atoms with E-state index in [-0.39, 0.29) is 11.5 Å². The van der Waals surface area contributed by atoms with Gasteiger partial charge in [0.15, 0.2) is 11.5 Å². The molecule has 0 fully saturated rings. The number of carboxylic acids is 1. The average molecular weight is 345 g/mol. The van der Waals surface area contributed by atoms with Crippen molar-refractivity contribution in [3.05, 3.63) is 52.8 Å². The molecule has 1 aromatic carbocycles. The predicted octanol–water partition coefficient (Wildman–Crippen LogP) is 4.42. The van der Waals surface area contributed by atoms with E-state index in [0.29, 0.717) is 22.1 Å². The second-order valence-corrected chi connectivity index (χ2v) is 5.45. The van der Waals surface area contributed by atoms with Crippen LogP contribution in [0.2, 0.25) is 5.02 Å². The molecule has 8 heteroatoms. The number of nitrogens with zero attached hydrogens (tertiary/aromatic N) is 4. The zero-order chi connectivity index (χ0) is 17.3. The molecule has 3 aromatic rings. The third-order valence-corrected chi connectivity index (χ3v) is 3.65. The normalized spacial score (nSPS) is 11.3. The lowest BCUT2D eigenvalue weighted by Crippen LogP contribution is -1.96. The van der Waals surface area contributed by atoms with Gasteiger partial charge in [-0.05, 0) is 42.8 Å². The first-order chi connectivity index (χ1) is 11.5. The van der Waals surface area contributed by atoms with Crippen molar-refractivity contribution < 1.29 is 14.6 Å². The van der Waals surface area contributed by atoms with E-state index < -0.39 is 5.97 Å². The van der Waals surface area contributed by atoms with E-state index in [0.717, 1.165) is 5.56 Å². The minimum absolute atomic E-state index is 0.143. The minimum Gasteiger partial charge on any atom is -0.495 e. The van der Waals surface area contributed by atoms with Crippen LogP contribution in [0.3, 0.4) is 0 Å². The van der Waals surface area contributed by atoms with E-state index >= 15 is 0 Å². The van der Waals surface area contributed by atoms with E-state index in [1.807, 2.05) is 13.0 Å². The van der Waals surface area contributed by atoms with E-state index in [1.54, 1.807) is 34.9 Å². The zero-order valence-corrected chi connectivity index (χ0v) is 13.7. The highest BCUT2D eigenvalue weighted by molar-refractivity contribution is 6.32. The number of azo groups is 1. The maximum atomic E-state index is 11.4. The summed E-state index contributed by atoms with van der Waals surface area (Å²) in [5.74, 6) is -0.505. The number of aryl methyl sites for hydroxylation is 1. The predicted molar refractivity (Wildman–Crippen MR) is 89.1 cm³/mol. The molecule has 0 aliphatic heterocycles. The minimum atomic E-state index is -1.17. The first kappa shape index (κ1) is 15.9. The Kier molecular flexibility index (Phi) is 4.18. The maximum Gasteiger partial charge on any atom is 0.358 e. The molecular formula is C16H13ClN4O3. The summed E-state index contributed by atoms with van der Waals surface area (Å²) >= 11 is 6.05. The number of halogens is 1. The quantitative estimate of drug-likeness (QED) is 0.709. The number of carbonyl (C=O) groups is 1. The SMILES string of the molecule is COc1ccc(N=Nc2c(C(=O)O)nc3cc(C)ccn23)cc1Cl. The molecule has 122 valence electrons. The van der Waals surface area contributed by atoms with Crippen molar-refractivity contribution in [2.24, 2.45) is 10.2 Å². The van der Waals surface area contributed by atoms with Crippen molar-refractivity contribution in [3.8, 4) is 5.75 Å². The van der Waals surface area contributed by atoms with Gasteiger partial charge in [-0.3, -0.25) is 4.40 Å². The second-order valence-electron chi connectivity index (χ2n) is 5.04. The number of pyridine rings is 1. The van der Waals surface area contributed by atoms with E-state index in [2.05, 4.69) is 15.2 Å². The second kappa shape index (κ2) is 6.29. The van der Waals surface area contributed by atoms with Crippen LogP contribution in [-0.2, 0) is 0 Å². The van der Waals surface area contributed by atoms with Crippen molar-refractivity contribution in [3.63, 3.8) is 0 Å². The molecule has 2 heterocycles. The number of hydrogen-bond donors (Lipinski definition) is 1. The van der Waals surface area contributed by atoms with E-state index in [1.165, 1.54) is 7.11 Å². The van der Waals surface area contributed by atoms with Gasteiger partial charge < -0.3 is 9.84 Å². The van der Waals surface area contributed by atoms with Gasteiger partial charge >= 0.3 is 5.97 Å². The highest BCUT2D eigenvalue weighted by Crippen LogP contribution is 2.30. The Balaban J connectivity index is 2.07. The molecule has 0 radical (unpaired) electrons. The maximum absolute atomic E-state index is 11.4. The van der Waals surface area contributed by atoms with Crippen LogP contribution in [0.5, 0.6) is 5.75 Å². The number of benzene rings is 1.